The van der Waals surface area contributed by atoms with E-state index in [4.69, 9.17) is 4.74 Å². The number of para-hydroxylation sites is 1. The third kappa shape index (κ3) is 3.66. The fourth-order valence-electron chi connectivity index (χ4n) is 2.46. The molecular weight excluding hydrogens is 280 g/mol. The van der Waals surface area contributed by atoms with E-state index in [9.17, 15) is 5.11 Å². The second kappa shape index (κ2) is 6.20. The molecule has 1 heterocycles. The van der Waals surface area contributed by atoms with Gasteiger partial charge in [0.1, 0.15) is 5.75 Å². The van der Waals surface area contributed by atoms with Gasteiger partial charge in [-0.1, -0.05) is 45.0 Å². The van der Waals surface area contributed by atoms with Crippen LogP contribution in [0.2, 0.25) is 0 Å². The van der Waals surface area contributed by atoms with E-state index in [-0.39, 0.29) is 5.41 Å². The molecule has 0 saturated carbocycles. The summed E-state index contributed by atoms with van der Waals surface area (Å²) in [6, 6.07) is 12.0. The topological polar surface area (TPSA) is 29.5 Å². The largest absolute Gasteiger partial charge is 0.496 e. The van der Waals surface area contributed by atoms with Crippen molar-refractivity contribution in [2.45, 2.75) is 39.2 Å². The third-order valence-electron chi connectivity index (χ3n) is 4.12. The van der Waals surface area contributed by atoms with Gasteiger partial charge in [0.05, 0.1) is 12.7 Å². The lowest BCUT2D eigenvalue weighted by molar-refractivity contribution is -0.0566. The molecule has 0 fully saturated rings. The van der Waals surface area contributed by atoms with Crippen molar-refractivity contribution in [3.8, 4) is 5.75 Å². The molecule has 2 nitrogen and oxygen atoms in total. The highest BCUT2D eigenvalue weighted by molar-refractivity contribution is 7.09. The van der Waals surface area contributed by atoms with Crippen molar-refractivity contribution in [1.29, 1.82) is 0 Å². The summed E-state index contributed by atoms with van der Waals surface area (Å²) in [5.41, 5.74) is 0.0126. The maximum atomic E-state index is 11.3. The second-order valence-corrected chi connectivity index (χ2v) is 7.56. The van der Waals surface area contributed by atoms with Gasteiger partial charge in [0.25, 0.3) is 0 Å². The molecule has 1 unspecified atom stereocenters. The number of benzene rings is 1. The van der Waals surface area contributed by atoms with E-state index in [0.29, 0.717) is 12.8 Å². The van der Waals surface area contributed by atoms with Crippen LogP contribution in [0.4, 0.5) is 0 Å². The first-order valence-corrected chi connectivity index (χ1v) is 8.10. The minimum absolute atomic E-state index is 0.224. The molecule has 0 spiro atoms. The minimum Gasteiger partial charge on any atom is -0.496 e. The van der Waals surface area contributed by atoms with E-state index in [1.54, 1.807) is 18.4 Å². The molecule has 0 amide bonds. The van der Waals surface area contributed by atoms with Crippen molar-refractivity contribution >= 4 is 11.3 Å². The molecule has 2 rings (SSSR count). The summed E-state index contributed by atoms with van der Waals surface area (Å²) in [6.07, 6.45) is 1.24. The zero-order chi connectivity index (χ0) is 15.5. The first-order valence-electron chi connectivity index (χ1n) is 7.22. The Hall–Kier alpha value is -1.32. The molecule has 0 aliphatic rings. The number of ether oxygens (including phenoxy) is 1. The van der Waals surface area contributed by atoms with E-state index in [0.717, 1.165) is 11.3 Å². The molecule has 1 aromatic carbocycles. The lowest BCUT2D eigenvalue weighted by Crippen LogP contribution is -2.46. The predicted molar refractivity (Wildman–Crippen MR) is 89.1 cm³/mol. The third-order valence-corrected chi connectivity index (χ3v) is 4.99. The van der Waals surface area contributed by atoms with E-state index in [1.807, 2.05) is 30.3 Å². The van der Waals surface area contributed by atoms with Crippen molar-refractivity contribution in [2.24, 2.45) is 5.41 Å². The van der Waals surface area contributed by atoms with Crippen LogP contribution in [-0.2, 0) is 12.8 Å². The molecule has 0 aliphatic carbocycles. The quantitative estimate of drug-likeness (QED) is 0.891. The fourth-order valence-corrected chi connectivity index (χ4v) is 3.27. The molecule has 114 valence electrons. The number of methoxy groups -OCH3 is 1. The van der Waals surface area contributed by atoms with Crippen LogP contribution in [0.5, 0.6) is 5.75 Å². The van der Waals surface area contributed by atoms with Gasteiger partial charge in [-0.25, -0.2) is 0 Å². The Balaban J connectivity index is 2.32. The second-order valence-electron chi connectivity index (χ2n) is 6.53. The fraction of sp³-hybridized carbons (Fsp3) is 0.444. The van der Waals surface area contributed by atoms with Crippen molar-refractivity contribution in [3.05, 3.63) is 52.2 Å². The Kier molecular flexibility index (Phi) is 4.74. The highest BCUT2D eigenvalue weighted by Gasteiger charge is 2.40. The number of thiophene rings is 1. The Morgan fingerprint density at radius 3 is 2.33 bits per heavy atom. The van der Waals surface area contributed by atoms with Gasteiger partial charge < -0.3 is 9.84 Å². The maximum Gasteiger partial charge on any atom is 0.122 e. The van der Waals surface area contributed by atoms with Gasteiger partial charge in [-0.15, -0.1) is 11.3 Å². The first kappa shape index (κ1) is 16.1. The molecule has 0 bridgehead atoms. The Bertz CT molecular complexity index is 569. The molecule has 3 heteroatoms. The van der Waals surface area contributed by atoms with E-state index in [1.165, 1.54) is 4.88 Å². The van der Waals surface area contributed by atoms with Crippen molar-refractivity contribution < 1.29 is 9.84 Å². The zero-order valence-electron chi connectivity index (χ0n) is 13.2. The summed E-state index contributed by atoms with van der Waals surface area (Å²) in [7, 11) is 1.67. The molecule has 0 radical (unpaired) electrons. The van der Waals surface area contributed by atoms with Gasteiger partial charge in [0.2, 0.25) is 0 Å². The zero-order valence-corrected chi connectivity index (χ0v) is 14.0. The van der Waals surface area contributed by atoms with E-state index in [2.05, 4.69) is 32.2 Å². The van der Waals surface area contributed by atoms with Gasteiger partial charge in [-0.3, -0.25) is 0 Å². The maximum absolute atomic E-state index is 11.3. The van der Waals surface area contributed by atoms with Gasteiger partial charge in [0.15, 0.2) is 0 Å². The minimum atomic E-state index is -0.813. The normalized spacial score (nSPS) is 14.7. The Morgan fingerprint density at radius 1 is 1.05 bits per heavy atom. The van der Waals surface area contributed by atoms with Crippen molar-refractivity contribution in [3.63, 3.8) is 0 Å². The summed E-state index contributed by atoms with van der Waals surface area (Å²) in [6.45, 7) is 6.28. The highest BCUT2D eigenvalue weighted by atomic mass is 32.1. The first-order chi connectivity index (χ1) is 9.86. The van der Waals surface area contributed by atoms with Crippen molar-refractivity contribution in [1.82, 2.24) is 0 Å². The van der Waals surface area contributed by atoms with Gasteiger partial charge in [-0.2, -0.15) is 0 Å². The Labute approximate surface area is 131 Å². The average Bonchev–Trinajstić information content (AvgIpc) is 2.90. The standard InChI is InChI=1S/C18H24O2S/c1-17(2,3)18(19,13-15-9-7-11-21-15)12-14-8-5-6-10-16(14)20-4/h5-11,19H,12-13H2,1-4H3. The molecule has 0 aliphatic heterocycles. The van der Waals surface area contributed by atoms with Crippen LogP contribution in [0.15, 0.2) is 41.8 Å². The monoisotopic (exact) mass is 304 g/mol. The van der Waals surface area contributed by atoms with E-state index < -0.39 is 5.60 Å². The van der Waals surface area contributed by atoms with Gasteiger partial charge in [0, 0.05) is 17.7 Å². The number of hydrogen-bond acceptors (Lipinski definition) is 3. The SMILES string of the molecule is COc1ccccc1CC(O)(Cc1cccs1)C(C)(C)C. The molecule has 1 N–H and O–H groups in total. The summed E-state index contributed by atoms with van der Waals surface area (Å²) >= 11 is 1.70. The van der Waals surface area contributed by atoms with Crippen LogP contribution in [0.25, 0.3) is 0 Å². The van der Waals surface area contributed by atoms with Crippen LogP contribution in [0, 0.1) is 5.41 Å². The predicted octanol–water partition coefficient (Wildman–Crippen LogP) is 4.32. The smallest absolute Gasteiger partial charge is 0.122 e. The highest BCUT2D eigenvalue weighted by Crippen LogP contribution is 2.38. The summed E-state index contributed by atoms with van der Waals surface area (Å²) in [5, 5.41) is 13.4. The molecular formula is C18H24O2S. The van der Waals surface area contributed by atoms with Crippen LogP contribution in [0.1, 0.15) is 31.2 Å². The molecule has 1 aromatic heterocycles. The summed E-state index contributed by atoms with van der Waals surface area (Å²) in [5.74, 6) is 0.839. The average molecular weight is 304 g/mol. The van der Waals surface area contributed by atoms with E-state index >= 15 is 0 Å². The molecule has 2 aromatic rings. The number of aliphatic hydroxyl groups is 1. The lowest BCUT2D eigenvalue weighted by Gasteiger charge is -2.40. The summed E-state index contributed by atoms with van der Waals surface area (Å²) < 4.78 is 5.43. The molecule has 0 saturated heterocycles. The Morgan fingerprint density at radius 2 is 1.76 bits per heavy atom. The van der Waals surface area contributed by atoms with Crippen LogP contribution < -0.4 is 4.74 Å². The molecule has 1 atom stereocenters. The number of rotatable bonds is 5. The summed E-state index contributed by atoms with van der Waals surface area (Å²) in [4.78, 5) is 1.21. The van der Waals surface area contributed by atoms with Crippen LogP contribution in [0.3, 0.4) is 0 Å². The number of hydrogen-bond donors (Lipinski definition) is 1. The van der Waals surface area contributed by atoms with Crippen LogP contribution in [-0.4, -0.2) is 17.8 Å². The van der Waals surface area contributed by atoms with Crippen LogP contribution >= 0.6 is 11.3 Å². The van der Waals surface area contributed by atoms with Crippen molar-refractivity contribution in [2.75, 3.05) is 7.11 Å². The molecule has 21 heavy (non-hydrogen) atoms. The van der Waals surface area contributed by atoms with Gasteiger partial charge in [-0.05, 0) is 28.5 Å². The van der Waals surface area contributed by atoms with Gasteiger partial charge >= 0.3 is 0 Å². The lowest BCUT2D eigenvalue weighted by atomic mass is 9.71.